The van der Waals surface area contributed by atoms with E-state index in [1.807, 2.05) is 30.3 Å². The molecule has 0 amide bonds. The van der Waals surface area contributed by atoms with Crippen LogP contribution in [-0.4, -0.2) is 14.5 Å². The van der Waals surface area contributed by atoms with Crippen molar-refractivity contribution in [2.24, 2.45) is 0 Å². The normalized spacial score (nSPS) is 10.7. The molecule has 0 unspecified atom stereocenters. The molecular formula is C13H10N4O2. The lowest BCUT2D eigenvalue weighted by molar-refractivity contribution is -0.384. The first-order chi connectivity index (χ1) is 9.16. The highest BCUT2D eigenvalue weighted by Crippen LogP contribution is 2.25. The van der Waals surface area contributed by atoms with Gasteiger partial charge in [-0.2, -0.15) is 0 Å². The Balaban J connectivity index is 2.27. The van der Waals surface area contributed by atoms with Gasteiger partial charge in [-0.25, -0.2) is 4.98 Å². The summed E-state index contributed by atoms with van der Waals surface area (Å²) in [5.41, 5.74) is 8.02. The van der Waals surface area contributed by atoms with Gasteiger partial charge in [-0.05, 0) is 18.2 Å². The third-order valence-electron chi connectivity index (χ3n) is 2.89. The first-order valence-corrected chi connectivity index (χ1v) is 5.64. The van der Waals surface area contributed by atoms with Crippen LogP contribution in [0.1, 0.15) is 0 Å². The molecule has 0 fully saturated rings. The summed E-state index contributed by atoms with van der Waals surface area (Å²) in [6.45, 7) is 0. The van der Waals surface area contributed by atoms with Crippen molar-refractivity contribution >= 4 is 22.7 Å². The maximum atomic E-state index is 10.7. The Morgan fingerprint density at radius 1 is 1.16 bits per heavy atom. The van der Waals surface area contributed by atoms with E-state index in [2.05, 4.69) is 4.98 Å². The van der Waals surface area contributed by atoms with E-state index in [9.17, 15) is 10.1 Å². The highest BCUT2D eigenvalue weighted by Gasteiger charge is 2.13. The lowest BCUT2D eigenvalue weighted by Gasteiger charge is -2.05. The predicted molar refractivity (Wildman–Crippen MR) is 72.1 cm³/mol. The van der Waals surface area contributed by atoms with Crippen LogP contribution in [-0.2, 0) is 0 Å². The zero-order valence-electron chi connectivity index (χ0n) is 9.85. The summed E-state index contributed by atoms with van der Waals surface area (Å²) in [6, 6.07) is 14.0. The lowest BCUT2D eigenvalue weighted by Crippen LogP contribution is -2.00. The molecule has 0 aliphatic heterocycles. The second-order valence-corrected chi connectivity index (χ2v) is 4.07. The van der Waals surface area contributed by atoms with Crippen LogP contribution in [0.25, 0.3) is 16.7 Å². The summed E-state index contributed by atoms with van der Waals surface area (Å²) in [5.74, 6) is 0.307. The van der Waals surface area contributed by atoms with Crippen LogP contribution in [0, 0.1) is 10.1 Å². The number of fused-ring (bicyclic) bond motifs is 1. The predicted octanol–water partition coefficient (Wildman–Crippen LogP) is 2.52. The van der Waals surface area contributed by atoms with Gasteiger partial charge < -0.3 is 5.73 Å². The quantitative estimate of drug-likeness (QED) is 0.562. The van der Waals surface area contributed by atoms with Crippen molar-refractivity contribution in [2.75, 3.05) is 5.73 Å². The molecule has 1 heterocycles. The van der Waals surface area contributed by atoms with E-state index in [-0.39, 0.29) is 5.69 Å². The molecule has 19 heavy (non-hydrogen) atoms. The summed E-state index contributed by atoms with van der Waals surface area (Å²) in [5, 5.41) is 10.7. The molecule has 0 spiro atoms. The number of benzene rings is 2. The minimum atomic E-state index is -0.447. The first-order valence-electron chi connectivity index (χ1n) is 5.64. The largest absolute Gasteiger partial charge is 0.369 e. The Morgan fingerprint density at radius 3 is 2.58 bits per heavy atom. The van der Waals surface area contributed by atoms with Crippen molar-refractivity contribution in [3.05, 3.63) is 58.6 Å². The van der Waals surface area contributed by atoms with E-state index in [4.69, 9.17) is 5.73 Å². The minimum absolute atomic E-state index is 0.00483. The number of nitro benzene ring substituents is 1. The number of nitro groups is 1. The van der Waals surface area contributed by atoms with E-state index >= 15 is 0 Å². The number of imidazole rings is 1. The molecule has 0 atom stereocenters. The van der Waals surface area contributed by atoms with Gasteiger partial charge in [0, 0.05) is 17.8 Å². The standard InChI is InChI=1S/C13H10N4O2/c14-13-15-11-8-10(17(18)19)6-7-12(11)16(13)9-4-2-1-3-5-9/h1-8H,(H2,14,15). The molecule has 0 radical (unpaired) electrons. The zero-order valence-corrected chi connectivity index (χ0v) is 9.85. The van der Waals surface area contributed by atoms with Gasteiger partial charge in [-0.15, -0.1) is 0 Å². The van der Waals surface area contributed by atoms with Crippen molar-refractivity contribution in [3.8, 4) is 5.69 Å². The second kappa shape index (κ2) is 4.09. The molecule has 2 aromatic carbocycles. The molecule has 6 nitrogen and oxygen atoms in total. The summed E-state index contributed by atoms with van der Waals surface area (Å²) in [6.07, 6.45) is 0. The van der Waals surface area contributed by atoms with E-state index in [0.717, 1.165) is 11.2 Å². The van der Waals surface area contributed by atoms with Gasteiger partial charge in [0.1, 0.15) is 0 Å². The van der Waals surface area contributed by atoms with Crippen molar-refractivity contribution in [2.45, 2.75) is 0 Å². The maximum absolute atomic E-state index is 10.7. The van der Waals surface area contributed by atoms with Crippen LogP contribution in [0.15, 0.2) is 48.5 Å². The van der Waals surface area contributed by atoms with Crippen LogP contribution in [0.5, 0.6) is 0 Å². The molecule has 6 heteroatoms. The van der Waals surface area contributed by atoms with E-state index in [1.54, 1.807) is 10.6 Å². The second-order valence-electron chi connectivity index (χ2n) is 4.07. The summed E-state index contributed by atoms with van der Waals surface area (Å²) in [7, 11) is 0. The van der Waals surface area contributed by atoms with Crippen LogP contribution < -0.4 is 5.73 Å². The van der Waals surface area contributed by atoms with Crippen molar-refractivity contribution in [3.63, 3.8) is 0 Å². The van der Waals surface area contributed by atoms with Gasteiger partial charge in [0.25, 0.3) is 5.69 Å². The fourth-order valence-electron chi connectivity index (χ4n) is 2.05. The number of rotatable bonds is 2. The lowest BCUT2D eigenvalue weighted by atomic mass is 10.2. The van der Waals surface area contributed by atoms with Gasteiger partial charge in [-0.3, -0.25) is 14.7 Å². The monoisotopic (exact) mass is 254 g/mol. The van der Waals surface area contributed by atoms with Crippen molar-refractivity contribution in [1.82, 2.24) is 9.55 Å². The van der Waals surface area contributed by atoms with Crippen LogP contribution in [0.2, 0.25) is 0 Å². The number of aromatic nitrogens is 2. The van der Waals surface area contributed by atoms with Crippen molar-refractivity contribution in [1.29, 1.82) is 0 Å². The highest BCUT2D eigenvalue weighted by molar-refractivity contribution is 5.82. The Labute approximate surface area is 108 Å². The Bertz CT molecular complexity index is 765. The third kappa shape index (κ3) is 1.79. The number of hydrogen-bond donors (Lipinski definition) is 1. The minimum Gasteiger partial charge on any atom is -0.369 e. The maximum Gasteiger partial charge on any atom is 0.271 e. The number of nitrogen functional groups attached to an aromatic ring is 1. The van der Waals surface area contributed by atoms with Gasteiger partial charge in [0.2, 0.25) is 5.95 Å². The van der Waals surface area contributed by atoms with Crippen LogP contribution in [0.4, 0.5) is 11.6 Å². The Hall–Kier alpha value is -2.89. The summed E-state index contributed by atoms with van der Waals surface area (Å²) < 4.78 is 1.76. The molecule has 1 aromatic heterocycles. The molecule has 3 aromatic rings. The number of nitrogens with two attached hydrogens (primary N) is 1. The molecule has 0 aliphatic rings. The summed E-state index contributed by atoms with van der Waals surface area (Å²) in [4.78, 5) is 14.5. The SMILES string of the molecule is Nc1nc2cc([N+](=O)[O-])ccc2n1-c1ccccc1. The molecule has 94 valence electrons. The molecule has 0 bridgehead atoms. The zero-order chi connectivity index (χ0) is 13.4. The number of nitrogens with zero attached hydrogens (tertiary/aromatic N) is 3. The van der Waals surface area contributed by atoms with Gasteiger partial charge in [0.15, 0.2) is 0 Å². The number of hydrogen-bond acceptors (Lipinski definition) is 4. The van der Waals surface area contributed by atoms with Crippen LogP contribution >= 0.6 is 0 Å². The smallest absolute Gasteiger partial charge is 0.271 e. The molecule has 2 N–H and O–H groups in total. The van der Waals surface area contributed by atoms with E-state index < -0.39 is 4.92 Å². The Morgan fingerprint density at radius 2 is 1.89 bits per heavy atom. The van der Waals surface area contributed by atoms with Gasteiger partial charge in [-0.1, -0.05) is 18.2 Å². The average molecular weight is 254 g/mol. The first kappa shape index (κ1) is 11.2. The molecule has 0 aliphatic carbocycles. The van der Waals surface area contributed by atoms with E-state index in [0.29, 0.717) is 11.5 Å². The summed E-state index contributed by atoms with van der Waals surface area (Å²) >= 11 is 0. The van der Waals surface area contributed by atoms with Gasteiger partial charge in [0.05, 0.1) is 16.0 Å². The Kier molecular flexibility index (Phi) is 2.42. The molecule has 3 rings (SSSR count). The van der Waals surface area contributed by atoms with Gasteiger partial charge >= 0.3 is 0 Å². The average Bonchev–Trinajstić information content (AvgIpc) is 2.74. The molecule has 0 saturated carbocycles. The molecular weight excluding hydrogens is 244 g/mol. The van der Waals surface area contributed by atoms with Crippen LogP contribution in [0.3, 0.4) is 0 Å². The fraction of sp³-hybridized carbons (Fsp3) is 0. The topological polar surface area (TPSA) is 87.0 Å². The number of anilines is 1. The third-order valence-corrected chi connectivity index (χ3v) is 2.89. The molecule has 0 saturated heterocycles. The van der Waals surface area contributed by atoms with E-state index in [1.165, 1.54) is 12.1 Å². The van der Waals surface area contributed by atoms with Crippen molar-refractivity contribution < 1.29 is 4.92 Å². The highest BCUT2D eigenvalue weighted by atomic mass is 16.6. The fourth-order valence-corrected chi connectivity index (χ4v) is 2.05. The number of para-hydroxylation sites is 1. The number of non-ortho nitro benzene ring substituents is 1.